The topological polar surface area (TPSA) is 88.4 Å². The average Bonchev–Trinajstić information content (AvgIpc) is 3.30. The van der Waals surface area contributed by atoms with Crippen LogP contribution in [0.4, 0.5) is 0 Å². The summed E-state index contributed by atoms with van der Waals surface area (Å²) in [5.74, 6) is 1.28. The van der Waals surface area contributed by atoms with E-state index in [1.165, 1.54) is 11.3 Å². The van der Waals surface area contributed by atoms with Crippen LogP contribution in [0.1, 0.15) is 29.7 Å². The summed E-state index contributed by atoms with van der Waals surface area (Å²) in [4.78, 5) is 33.0. The number of fused-ring (bicyclic) bond motifs is 1. The van der Waals surface area contributed by atoms with Gasteiger partial charge in [0.1, 0.15) is 17.2 Å². The summed E-state index contributed by atoms with van der Waals surface area (Å²) in [6, 6.07) is 21.3. The van der Waals surface area contributed by atoms with E-state index < -0.39 is 12.0 Å². The molecule has 3 aromatic carbocycles. The van der Waals surface area contributed by atoms with Gasteiger partial charge < -0.3 is 18.9 Å². The molecule has 8 nitrogen and oxygen atoms in total. The van der Waals surface area contributed by atoms with Crippen molar-refractivity contribution < 1.29 is 23.7 Å². The van der Waals surface area contributed by atoms with Crippen molar-refractivity contribution in [1.82, 2.24) is 4.57 Å². The van der Waals surface area contributed by atoms with Crippen LogP contribution in [0.2, 0.25) is 0 Å². The highest BCUT2D eigenvalue weighted by Gasteiger charge is 2.35. The van der Waals surface area contributed by atoms with Crippen LogP contribution in [0, 0.1) is 0 Å². The number of esters is 1. The zero-order valence-electron chi connectivity index (χ0n) is 22.5. The highest BCUT2D eigenvalue weighted by Crippen LogP contribution is 2.36. The maximum absolute atomic E-state index is 14.1. The van der Waals surface area contributed by atoms with Crippen molar-refractivity contribution >= 4 is 29.1 Å². The van der Waals surface area contributed by atoms with Gasteiger partial charge in [-0.3, -0.25) is 9.36 Å². The number of thiazole rings is 1. The van der Waals surface area contributed by atoms with Crippen molar-refractivity contribution in [3.8, 4) is 17.2 Å². The third-order valence-electron chi connectivity index (χ3n) is 6.51. The molecule has 5 rings (SSSR count). The number of nitrogens with zero attached hydrogens (tertiary/aromatic N) is 2. The number of carbonyl (C=O) groups is 1. The van der Waals surface area contributed by atoms with Gasteiger partial charge in [-0.2, -0.15) is 0 Å². The Labute approximate surface area is 235 Å². The van der Waals surface area contributed by atoms with Crippen LogP contribution in [-0.2, 0) is 9.53 Å². The van der Waals surface area contributed by atoms with E-state index in [2.05, 4.69) is 0 Å². The van der Waals surface area contributed by atoms with Crippen molar-refractivity contribution in [2.45, 2.75) is 13.0 Å². The summed E-state index contributed by atoms with van der Waals surface area (Å²) in [6.07, 6.45) is 1.75. The van der Waals surface area contributed by atoms with E-state index in [4.69, 9.17) is 23.9 Å². The van der Waals surface area contributed by atoms with E-state index in [9.17, 15) is 9.59 Å². The first kappa shape index (κ1) is 27.0. The molecule has 0 saturated carbocycles. The van der Waals surface area contributed by atoms with E-state index in [-0.39, 0.29) is 17.7 Å². The Kier molecular flexibility index (Phi) is 7.84. The normalized spacial score (nSPS) is 14.8. The standard InChI is InChI=1S/C31H28N2O6S/c1-5-39-30(35)26-27(19-10-7-6-8-11-19)32-31-33(28(26)20-12-9-13-22(16-20)36-2)29(34)25(40-31)18-21-17-23(37-3)14-15-24(21)38-4/h6-18,28H,5H2,1-4H3/b25-18-/t28-/m0/s1. The Morgan fingerprint density at radius 2 is 1.70 bits per heavy atom. The lowest BCUT2D eigenvalue weighted by Gasteiger charge is -2.26. The van der Waals surface area contributed by atoms with Gasteiger partial charge in [-0.1, -0.05) is 53.8 Å². The Bertz CT molecular complexity index is 1770. The number of carbonyl (C=O) groups excluding carboxylic acids is 1. The van der Waals surface area contributed by atoms with Crippen LogP contribution in [0.15, 0.2) is 88.2 Å². The fourth-order valence-corrected chi connectivity index (χ4v) is 5.65. The quantitative estimate of drug-likeness (QED) is 0.306. The summed E-state index contributed by atoms with van der Waals surface area (Å²) < 4.78 is 23.9. The minimum Gasteiger partial charge on any atom is -0.497 e. The minimum atomic E-state index is -0.796. The third kappa shape index (κ3) is 5.03. The van der Waals surface area contributed by atoms with E-state index in [0.29, 0.717) is 43.4 Å². The van der Waals surface area contributed by atoms with Crippen LogP contribution in [0.3, 0.4) is 0 Å². The predicted octanol–water partition coefficient (Wildman–Crippen LogP) is 3.96. The van der Waals surface area contributed by atoms with Crippen molar-refractivity contribution in [3.05, 3.63) is 115 Å². The van der Waals surface area contributed by atoms with E-state index in [0.717, 1.165) is 5.56 Å². The molecule has 1 aliphatic rings. The fraction of sp³-hybridized carbons (Fsp3) is 0.194. The SMILES string of the molecule is CCOC(=O)C1=C(c2ccccc2)N=c2s/c(=C\c3cc(OC)ccc3OC)c(=O)n2[C@H]1c1cccc(OC)c1. The van der Waals surface area contributed by atoms with Crippen LogP contribution in [-0.4, -0.2) is 38.5 Å². The third-order valence-corrected chi connectivity index (χ3v) is 7.49. The predicted molar refractivity (Wildman–Crippen MR) is 154 cm³/mol. The fourth-order valence-electron chi connectivity index (χ4n) is 4.66. The van der Waals surface area contributed by atoms with Gasteiger partial charge in [-0.05, 0) is 48.9 Å². The maximum atomic E-state index is 14.1. The molecule has 0 spiro atoms. The summed E-state index contributed by atoms with van der Waals surface area (Å²) in [5.41, 5.74) is 2.55. The summed E-state index contributed by atoms with van der Waals surface area (Å²) >= 11 is 1.24. The lowest BCUT2D eigenvalue weighted by molar-refractivity contribution is -0.138. The Morgan fingerprint density at radius 3 is 2.40 bits per heavy atom. The molecule has 1 aromatic heterocycles. The van der Waals surface area contributed by atoms with Gasteiger partial charge in [0.05, 0.1) is 49.8 Å². The number of hydrogen-bond donors (Lipinski definition) is 0. The van der Waals surface area contributed by atoms with Crippen molar-refractivity contribution in [3.63, 3.8) is 0 Å². The Morgan fingerprint density at radius 1 is 0.950 bits per heavy atom. The maximum Gasteiger partial charge on any atom is 0.338 e. The lowest BCUT2D eigenvalue weighted by atomic mass is 9.93. The number of methoxy groups -OCH3 is 3. The lowest BCUT2D eigenvalue weighted by Crippen LogP contribution is -2.40. The van der Waals surface area contributed by atoms with Gasteiger partial charge in [0.2, 0.25) is 0 Å². The zero-order valence-corrected chi connectivity index (χ0v) is 23.4. The summed E-state index contributed by atoms with van der Waals surface area (Å²) in [7, 11) is 4.72. The first-order valence-corrected chi connectivity index (χ1v) is 13.4. The van der Waals surface area contributed by atoms with E-state index in [1.54, 1.807) is 57.1 Å². The minimum absolute atomic E-state index is 0.176. The molecule has 1 atom stereocenters. The van der Waals surface area contributed by atoms with Crippen LogP contribution in [0.5, 0.6) is 17.2 Å². The summed E-state index contributed by atoms with van der Waals surface area (Å²) in [6.45, 7) is 1.92. The summed E-state index contributed by atoms with van der Waals surface area (Å²) in [5, 5.41) is 0. The number of benzene rings is 3. The molecule has 4 aromatic rings. The molecule has 9 heteroatoms. The van der Waals surface area contributed by atoms with Crippen molar-refractivity contribution in [2.24, 2.45) is 4.99 Å². The molecule has 204 valence electrons. The van der Waals surface area contributed by atoms with E-state index >= 15 is 0 Å². The molecular formula is C31H28N2O6S. The number of rotatable bonds is 8. The monoisotopic (exact) mass is 556 g/mol. The van der Waals surface area contributed by atoms with Crippen LogP contribution < -0.4 is 29.1 Å². The molecule has 1 aliphatic heterocycles. The zero-order chi connectivity index (χ0) is 28.2. The molecule has 2 heterocycles. The number of hydrogen-bond acceptors (Lipinski definition) is 8. The second-order valence-electron chi connectivity index (χ2n) is 8.82. The molecule has 0 radical (unpaired) electrons. The van der Waals surface area contributed by atoms with Crippen molar-refractivity contribution in [1.29, 1.82) is 0 Å². The van der Waals surface area contributed by atoms with Gasteiger partial charge in [-0.15, -0.1) is 0 Å². The second kappa shape index (κ2) is 11.6. The average molecular weight is 557 g/mol. The highest BCUT2D eigenvalue weighted by atomic mass is 32.1. The van der Waals surface area contributed by atoms with Crippen LogP contribution in [0.25, 0.3) is 11.8 Å². The molecule has 0 unspecified atom stereocenters. The highest BCUT2D eigenvalue weighted by molar-refractivity contribution is 7.07. The molecule has 40 heavy (non-hydrogen) atoms. The Balaban J connectivity index is 1.84. The van der Waals surface area contributed by atoms with Crippen molar-refractivity contribution in [2.75, 3.05) is 27.9 Å². The van der Waals surface area contributed by atoms with Gasteiger partial charge >= 0.3 is 5.97 Å². The van der Waals surface area contributed by atoms with Gasteiger partial charge in [0.25, 0.3) is 5.56 Å². The van der Waals surface area contributed by atoms with Gasteiger partial charge in [0, 0.05) is 11.1 Å². The smallest absolute Gasteiger partial charge is 0.338 e. The Hall–Kier alpha value is -4.63. The number of aromatic nitrogens is 1. The first-order valence-electron chi connectivity index (χ1n) is 12.6. The van der Waals surface area contributed by atoms with Gasteiger partial charge in [-0.25, -0.2) is 9.79 Å². The second-order valence-corrected chi connectivity index (χ2v) is 9.83. The molecule has 0 bridgehead atoms. The molecule has 0 N–H and O–H groups in total. The van der Waals surface area contributed by atoms with Crippen LogP contribution >= 0.6 is 11.3 Å². The number of ether oxygens (including phenoxy) is 4. The molecule has 0 aliphatic carbocycles. The molecule has 0 saturated heterocycles. The van der Waals surface area contributed by atoms with E-state index in [1.807, 2.05) is 54.6 Å². The first-order chi connectivity index (χ1) is 19.5. The largest absolute Gasteiger partial charge is 0.497 e. The molecule has 0 fully saturated rings. The molecule has 0 amide bonds. The molecular weight excluding hydrogens is 528 g/mol. The van der Waals surface area contributed by atoms with Gasteiger partial charge in [0.15, 0.2) is 4.80 Å².